The molecule has 0 radical (unpaired) electrons. The average Bonchev–Trinajstić information content (AvgIpc) is 2.55. The van der Waals surface area contributed by atoms with Gasteiger partial charge in [0.1, 0.15) is 49.3 Å². The molecule has 8 N–H and O–H groups in total. The van der Waals surface area contributed by atoms with Crippen LogP contribution < -0.4 is 0 Å². The molecule has 0 aromatic carbocycles. The summed E-state index contributed by atoms with van der Waals surface area (Å²) in [6.45, 7) is -1.85. The lowest BCUT2D eigenvalue weighted by molar-refractivity contribution is -0.364. The molecule has 0 aromatic rings. The normalized spacial score (nSPS) is 51.7. The SMILES string of the molecule is OCC1(OCC2OC(O)C(O)C(O)C2O)OCC(O)C(O)C1O. The van der Waals surface area contributed by atoms with Crippen LogP contribution in [0, 0.1) is 0 Å². The molecule has 0 spiro atoms. The Morgan fingerprint density at radius 1 is 0.913 bits per heavy atom. The molecule has 2 fully saturated rings. The topological polar surface area (TPSA) is 190 Å². The van der Waals surface area contributed by atoms with E-state index in [1.54, 1.807) is 0 Å². The molecule has 11 heteroatoms. The molecule has 9 atom stereocenters. The van der Waals surface area contributed by atoms with Crippen LogP contribution in [0.2, 0.25) is 0 Å². The minimum Gasteiger partial charge on any atom is -0.391 e. The van der Waals surface area contributed by atoms with Gasteiger partial charge >= 0.3 is 0 Å². The molecule has 0 amide bonds. The summed E-state index contributed by atoms with van der Waals surface area (Å²) in [6, 6.07) is 0. The van der Waals surface area contributed by atoms with Crippen LogP contribution in [0.4, 0.5) is 0 Å². The molecule has 23 heavy (non-hydrogen) atoms. The molecular formula is C12H22O11. The second-order valence-electron chi connectivity index (χ2n) is 5.63. The van der Waals surface area contributed by atoms with Crippen LogP contribution in [-0.2, 0) is 14.2 Å². The molecule has 136 valence electrons. The van der Waals surface area contributed by atoms with Crippen molar-refractivity contribution < 1.29 is 55.1 Å². The van der Waals surface area contributed by atoms with Crippen molar-refractivity contribution in [3.05, 3.63) is 0 Å². The Morgan fingerprint density at radius 3 is 2.17 bits per heavy atom. The first-order valence-electron chi connectivity index (χ1n) is 7.04. The van der Waals surface area contributed by atoms with Crippen molar-refractivity contribution in [2.75, 3.05) is 19.8 Å². The lowest BCUT2D eigenvalue weighted by atomic mass is 9.96. The Hall–Kier alpha value is -0.440. The van der Waals surface area contributed by atoms with Crippen molar-refractivity contribution in [1.29, 1.82) is 0 Å². The fourth-order valence-corrected chi connectivity index (χ4v) is 2.48. The predicted octanol–water partition coefficient (Wildman–Crippen LogP) is -5.40. The third-order valence-corrected chi connectivity index (χ3v) is 4.07. The molecule has 0 saturated carbocycles. The minimum absolute atomic E-state index is 0.420. The molecule has 2 aliphatic heterocycles. The molecule has 2 rings (SSSR count). The maximum atomic E-state index is 9.94. The van der Waals surface area contributed by atoms with E-state index in [4.69, 9.17) is 14.2 Å². The highest BCUT2D eigenvalue weighted by molar-refractivity contribution is 4.94. The van der Waals surface area contributed by atoms with Crippen molar-refractivity contribution in [2.45, 2.75) is 54.8 Å². The molecule has 9 unspecified atom stereocenters. The Labute approximate surface area is 130 Å². The number of aliphatic hydroxyl groups excluding tert-OH is 8. The summed E-state index contributed by atoms with van der Waals surface area (Å²) in [5.41, 5.74) is 0. The van der Waals surface area contributed by atoms with Gasteiger partial charge in [0.05, 0.1) is 13.2 Å². The zero-order valence-electron chi connectivity index (χ0n) is 12.0. The van der Waals surface area contributed by atoms with E-state index in [1.807, 2.05) is 0 Å². The smallest absolute Gasteiger partial charge is 0.221 e. The largest absolute Gasteiger partial charge is 0.391 e. The number of ether oxygens (including phenoxy) is 3. The third kappa shape index (κ3) is 3.50. The first-order chi connectivity index (χ1) is 10.7. The summed E-state index contributed by atoms with van der Waals surface area (Å²) >= 11 is 0. The lowest BCUT2D eigenvalue weighted by Crippen LogP contribution is -2.65. The van der Waals surface area contributed by atoms with E-state index in [0.29, 0.717) is 0 Å². The minimum atomic E-state index is -2.08. The quantitative estimate of drug-likeness (QED) is 0.243. The maximum Gasteiger partial charge on any atom is 0.221 e. The first-order valence-corrected chi connectivity index (χ1v) is 7.04. The van der Waals surface area contributed by atoms with Crippen LogP contribution in [0.1, 0.15) is 0 Å². The Morgan fingerprint density at radius 2 is 1.57 bits per heavy atom. The fraction of sp³-hybridized carbons (Fsp3) is 1.00. The van der Waals surface area contributed by atoms with Gasteiger partial charge in [0.2, 0.25) is 5.79 Å². The van der Waals surface area contributed by atoms with Gasteiger partial charge in [0.25, 0.3) is 0 Å². The van der Waals surface area contributed by atoms with Gasteiger partial charge in [-0.2, -0.15) is 0 Å². The summed E-state index contributed by atoms with van der Waals surface area (Å²) in [5.74, 6) is -2.08. The van der Waals surface area contributed by atoms with Crippen molar-refractivity contribution in [3.8, 4) is 0 Å². The van der Waals surface area contributed by atoms with E-state index < -0.39 is 74.6 Å². The average molecular weight is 342 g/mol. The van der Waals surface area contributed by atoms with Crippen LogP contribution in [-0.4, -0.2) is 115 Å². The monoisotopic (exact) mass is 342 g/mol. The molecule has 0 aromatic heterocycles. The number of hydrogen-bond acceptors (Lipinski definition) is 11. The summed E-state index contributed by atoms with van der Waals surface area (Å²) < 4.78 is 15.2. The van der Waals surface area contributed by atoms with E-state index in [-0.39, 0.29) is 0 Å². The van der Waals surface area contributed by atoms with Crippen molar-refractivity contribution >= 4 is 0 Å². The summed E-state index contributed by atoms with van der Waals surface area (Å²) in [6.07, 6.45) is -12.9. The highest BCUT2D eigenvalue weighted by Gasteiger charge is 2.52. The second kappa shape index (κ2) is 7.21. The van der Waals surface area contributed by atoms with Gasteiger partial charge in [-0.25, -0.2) is 0 Å². The molecule has 2 aliphatic rings. The van der Waals surface area contributed by atoms with Crippen LogP contribution in [0.3, 0.4) is 0 Å². The summed E-state index contributed by atoms with van der Waals surface area (Å²) in [4.78, 5) is 0. The van der Waals surface area contributed by atoms with E-state index in [0.717, 1.165) is 0 Å². The van der Waals surface area contributed by atoms with E-state index >= 15 is 0 Å². The highest BCUT2D eigenvalue weighted by atomic mass is 16.7. The molecular weight excluding hydrogens is 320 g/mol. The summed E-state index contributed by atoms with van der Waals surface area (Å²) in [5, 5.41) is 76.6. The molecule has 2 saturated heterocycles. The Bertz CT molecular complexity index is 395. The molecule has 0 aliphatic carbocycles. The summed E-state index contributed by atoms with van der Waals surface area (Å²) in [7, 11) is 0. The van der Waals surface area contributed by atoms with Gasteiger partial charge < -0.3 is 55.1 Å². The van der Waals surface area contributed by atoms with Crippen LogP contribution in [0.25, 0.3) is 0 Å². The van der Waals surface area contributed by atoms with Gasteiger partial charge in [0, 0.05) is 0 Å². The third-order valence-electron chi connectivity index (χ3n) is 4.07. The highest BCUT2D eigenvalue weighted by Crippen LogP contribution is 2.29. The van der Waals surface area contributed by atoms with Gasteiger partial charge in [-0.1, -0.05) is 0 Å². The van der Waals surface area contributed by atoms with Gasteiger partial charge in [-0.15, -0.1) is 0 Å². The van der Waals surface area contributed by atoms with Crippen LogP contribution in [0.15, 0.2) is 0 Å². The maximum absolute atomic E-state index is 9.94. The molecule has 11 nitrogen and oxygen atoms in total. The van der Waals surface area contributed by atoms with E-state index in [2.05, 4.69) is 0 Å². The first kappa shape index (κ1) is 18.9. The van der Waals surface area contributed by atoms with Gasteiger partial charge in [-0.05, 0) is 0 Å². The Kier molecular flexibility index (Phi) is 5.92. The lowest BCUT2D eigenvalue weighted by Gasteiger charge is -2.45. The Balaban J connectivity index is 2.03. The van der Waals surface area contributed by atoms with Gasteiger partial charge in [0.15, 0.2) is 6.29 Å². The molecule has 0 bridgehead atoms. The van der Waals surface area contributed by atoms with E-state index in [1.165, 1.54) is 0 Å². The zero-order chi connectivity index (χ0) is 17.4. The standard InChI is InChI=1S/C12H22O11/c13-3-12(10(19)6(15)4(14)1-21-12)22-2-5-7(16)8(17)9(18)11(20)23-5/h4-11,13-20H,1-3H2. The van der Waals surface area contributed by atoms with Crippen LogP contribution >= 0.6 is 0 Å². The predicted molar refractivity (Wildman–Crippen MR) is 68.6 cm³/mol. The van der Waals surface area contributed by atoms with E-state index in [9.17, 15) is 40.9 Å². The van der Waals surface area contributed by atoms with Crippen molar-refractivity contribution in [1.82, 2.24) is 0 Å². The van der Waals surface area contributed by atoms with Crippen molar-refractivity contribution in [3.63, 3.8) is 0 Å². The van der Waals surface area contributed by atoms with Crippen molar-refractivity contribution in [2.24, 2.45) is 0 Å². The second-order valence-corrected chi connectivity index (χ2v) is 5.63. The fourth-order valence-electron chi connectivity index (χ4n) is 2.48. The van der Waals surface area contributed by atoms with Crippen LogP contribution in [0.5, 0.6) is 0 Å². The number of rotatable bonds is 4. The molecule has 2 heterocycles. The number of hydrogen-bond donors (Lipinski definition) is 8. The zero-order valence-corrected chi connectivity index (χ0v) is 12.0. The van der Waals surface area contributed by atoms with Gasteiger partial charge in [-0.3, -0.25) is 0 Å². The number of aliphatic hydroxyl groups is 8.